The van der Waals surface area contributed by atoms with Crippen LogP contribution in [0.5, 0.6) is 0 Å². The van der Waals surface area contributed by atoms with Gasteiger partial charge in [-0.3, -0.25) is 32.6 Å². The average molecular weight is 1020 g/mol. The largest absolute Gasteiger partial charge is 1.00 e. The van der Waals surface area contributed by atoms with Crippen molar-refractivity contribution in [1.29, 1.82) is 0 Å². The minimum absolute atomic E-state index is 0. The first-order valence-electron chi connectivity index (χ1n) is 21.6. The molecule has 0 bridgehead atoms. The van der Waals surface area contributed by atoms with Crippen molar-refractivity contribution in [2.24, 2.45) is 5.41 Å². The maximum absolute atomic E-state index is 12.6. The summed E-state index contributed by atoms with van der Waals surface area (Å²) >= 11 is 1.15. The molecule has 3 heterocycles. The molecule has 0 radical (unpaired) electrons. The van der Waals surface area contributed by atoms with Gasteiger partial charge in [0.15, 0.2) is 22.8 Å². The Morgan fingerprint density at radius 3 is 2.07 bits per heavy atom. The van der Waals surface area contributed by atoms with Crippen molar-refractivity contribution in [1.82, 2.24) is 30.2 Å². The number of fused-ring (bicyclic) bond motifs is 1. The number of aromatic nitrogens is 4. The van der Waals surface area contributed by atoms with Gasteiger partial charge < -0.3 is 59.9 Å². The summed E-state index contributed by atoms with van der Waals surface area (Å²) in [6.45, 7) is 2.51. The van der Waals surface area contributed by atoms with Crippen molar-refractivity contribution in [3.8, 4) is 0 Å². The SMILES string of the molecule is CCCCCCCCCCCCCCCC(=O)SCCNC(=O)CCNC(=O)[C@H](O)C(C)(C)COP(=O)([O-])OP(=O)([O-])OC[C@H]1O[C@@H](n2cnc3c(N)ncnc32)[C@H](O)[C@H]1OP(=O)(O)O.[Li+].[Li+]. The molecule has 0 aliphatic carbocycles. The van der Waals surface area contributed by atoms with Crippen LogP contribution in [-0.2, 0) is 50.7 Å². The van der Waals surface area contributed by atoms with Gasteiger partial charge in [-0.05, 0) is 6.42 Å². The van der Waals surface area contributed by atoms with Gasteiger partial charge in [-0.1, -0.05) is 110 Å². The number of phosphoric ester groups is 3. The Labute approximate surface area is 418 Å². The summed E-state index contributed by atoms with van der Waals surface area (Å²) in [6, 6.07) is 0. The van der Waals surface area contributed by atoms with Crippen LogP contribution >= 0.6 is 35.2 Å². The third-order valence-electron chi connectivity index (χ3n) is 10.2. The zero-order valence-corrected chi connectivity index (χ0v) is 42.4. The van der Waals surface area contributed by atoms with Gasteiger partial charge >= 0.3 is 45.5 Å². The Morgan fingerprint density at radius 1 is 0.896 bits per heavy atom. The number of carbonyl (C=O) groups excluding carboxylic acids is 3. The monoisotopic (exact) mass is 1020 g/mol. The molecule has 0 aromatic carbocycles. The number of nitrogens with zero attached hydrogens (tertiary/aromatic N) is 4. The van der Waals surface area contributed by atoms with Crippen LogP contribution in [-0.4, -0.2) is 113 Å². The van der Waals surface area contributed by atoms with E-state index in [0.717, 1.165) is 48.2 Å². The number of nitrogens with one attached hydrogen (secondary N) is 2. The van der Waals surface area contributed by atoms with E-state index in [2.05, 4.69) is 50.4 Å². The molecule has 24 nitrogen and oxygen atoms in total. The molecule has 7 atom stereocenters. The second kappa shape index (κ2) is 31.3. The van der Waals surface area contributed by atoms with Crippen molar-refractivity contribution in [3.05, 3.63) is 12.7 Å². The van der Waals surface area contributed by atoms with E-state index in [1.165, 1.54) is 78.1 Å². The van der Waals surface area contributed by atoms with E-state index >= 15 is 0 Å². The number of amides is 2. The van der Waals surface area contributed by atoms with E-state index in [0.29, 0.717) is 12.2 Å². The number of thioether (sulfide) groups is 1. The van der Waals surface area contributed by atoms with E-state index in [9.17, 15) is 57.9 Å². The molecule has 372 valence electrons. The Bertz CT molecular complexity index is 1970. The first-order chi connectivity index (χ1) is 30.6. The molecule has 1 fully saturated rings. The first kappa shape index (κ1) is 63.8. The predicted molar refractivity (Wildman–Crippen MR) is 233 cm³/mol. The van der Waals surface area contributed by atoms with Crippen LogP contribution in [0.2, 0.25) is 0 Å². The number of phosphoric acid groups is 3. The number of hydrogen-bond donors (Lipinski definition) is 7. The summed E-state index contributed by atoms with van der Waals surface area (Å²) in [6.07, 6.45) is 9.21. The van der Waals surface area contributed by atoms with Gasteiger partial charge in [0.2, 0.25) is 11.8 Å². The second-order valence-corrected chi connectivity index (χ2v) is 21.5. The zero-order chi connectivity index (χ0) is 48.3. The van der Waals surface area contributed by atoms with Gasteiger partial charge in [0, 0.05) is 37.1 Å². The molecule has 0 spiro atoms. The van der Waals surface area contributed by atoms with Crippen molar-refractivity contribution in [2.75, 3.05) is 37.8 Å². The van der Waals surface area contributed by atoms with Gasteiger partial charge in [-0.2, -0.15) is 0 Å². The maximum Gasteiger partial charge on any atom is 1.00 e. The molecule has 2 aromatic rings. The molecular formula is C37H64Li2N7O17P3S. The van der Waals surface area contributed by atoms with E-state index in [1.807, 2.05) is 0 Å². The van der Waals surface area contributed by atoms with E-state index in [-0.39, 0.29) is 79.3 Å². The van der Waals surface area contributed by atoms with Crippen molar-refractivity contribution < 1.29 is 118 Å². The van der Waals surface area contributed by atoms with Crippen molar-refractivity contribution in [3.63, 3.8) is 0 Å². The second-order valence-electron chi connectivity index (χ2n) is 16.2. The molecular weight excluding hydrogens is 953 g/mol. The van der Waals surface area contributed by atoms with Crippen LogP contribution in [0, 0.1) is 5.41 Å². The van der Waals surface area contributed by atoms with Crippen molar-refractivity contribution in [2.45, 2.75) is 148 Å². The number of nitrogens with two attached hydrogens (primary N) is 1. The van der Waals surface area contributed by atoms with Gasteiger partial charge in [0.05, 0.1) is 19.5 Å². The van der Waals surface area contributed by atoms with Gasteiger partial charge in [0.1, 0.15) is 36.3 Å². The Kier molecular flexibility index (Phi) is 29.8. The summed E-state index contributed by atoms with van der Waals surface area (Å²) in [7, 11) is -17.0. The summed E-state index contributed by atoms with van der Waals surface area (Å²) in [5, 5.41) is 26.5. The van der Waals surface area contributed by atoms with Gasteiger partial charge in [-0.15, -0.1) is 0 Å². The standard InChI is InChI=1S/C37H66N7O17P3S.2Li/c1-4-5-6-7-8-9-10-11-12-13-14-15-16-17-28(46)65-21-20-39-27(45)18-19-40-35(49)32(48)37(2,3)23-58-64(55,56)61-63(53,54)57-22-26-31(60-62(50,51)52)30(47)36(59-26)44-25-43-29-33(38)41-24-42-34(29)44;;/h24-26,30-32,36,47-48H,4-23H2,1-3H3,(H,39,45)(H,40,49)(H,53,54)(H,55,56)(H2,38,41,42)(H2,50,51,52);;/q;2*+1/p-2/t26-,30-,31+,32+,36-;;/m1../s1. The molecule has 1 aliphatic rings. The number of nitrogen functional groups attached to an aromatic ring is 1. The number of carbonyl (C=O) groups is 3. The van der Waals surface area contributed by atoms with Crippen LogP contribution in [0.1, 0.15) is 123 Å². The fourth-order valence-electron chi connectivity index (χ4n) is 6.64. The minimum Gasteiger partial charge on any atom is -0.756 e. The Balaban J connectivity index is 0.0000112. The minimum atomic E-state index is -5.88. The van der Waals surface area contributed by atoms with Crippen LogP contribution < -0.4 is 63.9 Å². The molecule has 1 saturated heterocycles. The maximum atomic E-state index is 12.6. The average Bonchev–Trinajstić information content (AvgIpc) is 3.79. The molecule has 30 heteroatoms. The summed E-state index contributed by atoms with van der Waals surface area (Å²) in [4.78, 5) is 92.8. The Morgan fingerprint density at radius 2 is 1.48 bits per heavy atom. The van der Waals surface area contributed by atoms with Crippen LogP contribution in [0.3, 0.4) is 0 Å². The van der Waals surface area contributed by atoms with E-state index < -0.39 is 84.6 Å². The molecule has 67 heavy (non-hydrogen) atoms. The molecule has 2 aromatic heterocycles. The van der Waals surface area contributed by atoms with Crippen LogP contribution in [0.15, 0.2) is 12.7 Å². The predicted octanol–water partition coefficient (Wildman–Crippen LogP) is -3.11. The number of imidazole rings is 1. The van der Waals surface area contributed by atoms with Gasteiger partial charge in [-0.25, -0.2) is 23.8 Å². The van der Waals surface area contributed by atoms with E-state index in [4.69, 9.17) is 10.5 Å². The van der Waals surface area contributed by atoms with E-state index in [1.54, 1.807) is 0 Å². The molecule has 2 unspecified atom stereocenters. The normalized spacial score (nSPS) is 19.7. The smallest absolute Gasteiger partial charge is 0.756 e. The third kappa shape index (κ3) is 23.7. The summed E-state index contributed by atoms with van der Waals surface area (Å²) < 4.78 is 61.4. The molecule has 8 N–H and O–H groups in total. The molecule has 0 saturated carbocycles. The number of anilines is 1. The zero-order valence-electron chi connectivity index (χ0n) is 38.9. The molecule has 2 amide bonds. The number of aliphatic hydroxyl groups is 2. The summed E-state index contributed by atoms with van der Waals surface area (Å²) in [5.41, 5.74) is 4.18. The summed E-state index contributed by atoms with van der Waals surface area (Å²) in [5.74, 6) is -1.09. The number of aliphatic hydroxyl groups excluding tert-OH is 2. The fourth-order valence-corrected chi connectivity index (χ4v) is 10.1. The number of rotatable bonds is 33. The number of unbranched alkanes of at least 4 members (excludes halogenated alkanes) is 12. The topological polar surface area (TPSA) is 369 Å². The molecule has 1 aliphatic heterocycles. The van der Waals surface area contributed by atoms with Crippen molar-refractivity contribution >= 4 is 69.1 Å². The quantitative estimate of drug-likeness (QED) is 0.0211. The number of hydrogen-bond acceptors (Lipinski definition) is 20. The van der Waals surface area contributed by atoms with Gasteiger partial charge in [0.25, 0.3) is 15.6 Å². The molecule has 3 rings (SSSR count). The fraction of sp³-hybridized carbons (Fsp3) is 0.784. The first-order valence-corrected chi connectivity index (χ1v) is 27.0. The third-order valence-corrected chi connectivity index (χ3v) is 14.2. The van der Waals surface area contributed by atoms with Crippen LogP contribution in [0.4, 0.5) is 5.82 Å². The number of ether oxygens (including phenoxy) is 1. The van der Waals surface area contributed by atoms with Crippen LogP contribution in [0.25, 0.3) is 11.2 Å². The Hall–Kier alpha value is -1.25.